The first-order chi connectivity index (χ1) is 8.65. The third-order valence-electron chi connectivity index (χ3n) is 2.47. The molecule has 0 heterocycles. The highest BCUT2D eigenvalue weighted by atomic mass is 35.5. The second-order valence-corrected chi connectivity index (χ2v) is 4.97. The summed E-state index contributed by atoms with van der Waals surface area (Å²) in [4.78, 5) is 0. The SMILES string of the molecule is COc1cccc(Cl)c1CNCCOCC(C)C. The van der Waals surface area contributed by atoms with Crippen LogP contribution < -0.4 is 10.1 Å². The Balaban J connectivity index is 2.31. The molecule has 4 heteroatoms. The van der Waals surface area contributed by atoms with Crippen molar-refractivity contribution in [2.75, 3.05) is 26.9 Å². The van der Waals surface area contributed by atoms with Gasteiger partial charge in [-0.1, -0.05) is 31.5 Å². The highest BCUT2D eigenvalue weighted by molar-refractivity contribution is 6.31. The monoisotopic (exact) mass is 271 g/mol. The van der Waals surface area contributed by atoms with Gasteiger partial charge in [0.25, 0.3) is 0 Å². The summed E-state index contributed by atoms with van der Waals surface area (Å²) in [6, 6.07) is 5.67. The summed E-state index contributed by atoms with van der Waals surface area (Å²) < 4.78 is 10.8. The molecule has 0 atom stereocenters. The van der Waals surface area contributed by atoms with Gasteiger partial charge in [-0.2, -0.15) is 0 Å². The Hall–Kier alpha value is -0.770. The van der Waals surface area contributed by atoms with E-state index >= 15 is 0 Å². The molecule has 0 bridgehead atoms. The Kier molecular flexibility index (Phi) is 7.09. The Labute approximate surface area is 114 Å². The lowest BCUT2D eigenvalue weighted by atomic mass is 10.2. The van der Waals surface area contributed by atoms with Gasteiger partial charge in [-0.15, -0.1) is 0 Å². The van der Waals surface area contributed by atoms with E-state index in [0.717, 1.165) is 29.5 Å². The normalized spacial score (nSPS) is 10.9. The molecule has 0 unspecified atom stereocenters. The van der Waals surface area contributed by atoms with E-state index in [0.29, 0.717) is 19.1 Å². The lowest BCUT2D eigenvalue weighted by Gasteiger charge is -2.12. The predicted molar refractivity (Wildman–Crippen MR) is 75.4 cm³/mol. The molecular weight excluding hydrogens is 250 g/mol. The molecule has 3 nitrogen and oxygen atoms in total. The van der Waals surface area contributed by atoms with Crippen molar-refractivity contribution < 1.29 is 9.47 Å². The number of methoxy groups -OCH3 is 1. The van der Waals surface area contributed by atoms with Gasteiger partial charge in [0.05, 0.1) is 13.7 Å². The van der Waals surface area contributed by atoms with Crippen molar-refractivity contribution in [1.82, 2.24) is 5.32 Å². The van der Waals surface area contributed by atoms with Gasteiger partial charge in [0.2, 0.25) is 0 Å². The molecule has 0 amide bonds. The minimum Gasteiger partial charge on any atom is -0.496 e. The summed E-state index contributed by atoms with van der Waals surface area (Å²) in [5.41, 5.74) is 0.991. The molecular formula is C14H22ClNO2. The summed E-state index contributed by atoms with van der Waals surface area (Å²) in [6.07, 6.45) is 0. The third kappa shape index (κ3) is 5.25. The number of hydrogen-bond donors (Lipinski definition) is 1. The average Bonchev–Trinajstić information content (AvgIpc) is 2.34. The van der Waals surface area contributed by atoms with Crippen LogP contribution in [0.3, 0.4) is 0 Å². The lowest BCUT2D eigenvalue weighted by molar-refractivity contribution is 0.111. The second kappa shape index (κ2) is 8.35. The molecule has 0 saturated heterocycles. The molecule has 1 aromatic rings. The highest BCUT2D eigenvalue weighted by Crippen LogP contribution is 2.25. The first kappa shape index (κ1) is 15.3. The molecule has 102 valence electrons. The molecule has 0 saturated carbocycles. The number of benzene rings is 1. The molecule has 1 rings (SSSR count). The van der Waals surface area contributed by atoms with E-state index in [-0.39, 0.29) is 0 Å². The molecule has 0 aliphatic heterocycles. The molecule has 0 aliphatic rings. The zero-order valence-corrected chi connectivity index (χ0v) is 12.1. The molecule has 0 fully saturated rings. The van der Waals surface area contributed by atoms with Gasteiger partial charge in [-0.25, -0.2) is 0 Å². The van der Waals surface area contributed by atoms with Crippen LogP contribution in [-0.2, 0) is 11.3 Å². The average molecular weight is 272 g/mol. The first-order valence-corrected chi connectivity index (χ1v) is 6.62. The number of halogens is 1. The maximum absolute atomic E-state index is 6.14. The quantitative estimate of drug-likeness (QED) is 0.737. The molecule has 0 spiro atoms. The van der Waals surface area contributed by atoms with E-state index in [1.807, 2.05) is 18.2 Å². The van der Waals surface area contributed by atoms with Crippen LogP contribution in [0.2, 0.25) is 5.02 Å². The van der Waals surface area contributed by atoms with Crippen molar-refractivity contribution in [2.45, 2.75) is 20.4 Å². The van der Waals surface area contributed by atoms with Gasteiger partial charge in [-0.3, -0.25) is 0 Å². The molecule has 1 aromatic carbocycles. The number of rotatable bonds is 8. The molecule has 0 radical (unpaired) electrons. The first-order valence-electron chi connectivity index (χ1n) is 6.25. The minimum atomic E-state index is 0.577. The Morgan fingerprint density at radius 3 is 2.78 bits per heavy atom. The van der Waals surface area contributed by atoms with Crippen LogP contribution in [0.5, 0.6) is 5.75 Å². The third-order valence-corrected chi connectivity index (χ3v) is 2.83. The van der Waals surface area contributed by atoms with Crippen molar-refractivity contribution in [3.05, 3.63) is 28.8 Å². The second-order valence-electron chi connectivity index (χ2n) is 4.57. The van der Waals surface area contributed by atoms with Crippen molar-refractivity contribution in [3.63, 3.8) is 0 Å². The summed E-state index contributed by atoms with van der Waals surface area (Å²) >= 11 is 6.14. The van der Waals surface area contributed by atoms with Crippen LogP contribution in [0.15, 0.2) is 18.2 Å². The summed E-state index contributed by atoms with van der Waals surface area (Å²) in [7, 11) is 1.65. The standard InChI is InChI=1S/C14H22ClNO2/c1-11(2)10-18-8-7-16-9-12-13(15)5-4-6-14(12)17-3/h4-6,11,16H,7-10H2,1-3H3. The van der Waals surface area contributed by atoms with Crippen molar-refractivity contribution in [1.29, 1.82) is 0 Å². The van der Waals surface area contributed by atoms with Crippen LogP contribution in [0.4, 0.5) is 0 Å². The number of nitrogens with one attached hydrogen (secondary N) is 1. The summed E-state index contributed by atoms with van der Waals surface area (Å²) in [6.45, 7) is 7.29. The van der Waals surface area contributed by atoms with E-state index in [1.54, 1.807) is 7.11 Å². The number of hydrogen-bond acceptors (Lipinski definition) is 3. The van der Waals surface area contributed by atoms with Crippen molar-refractivity contribution in [2.24, 2.45) is 5.92 Å². The van der Waals surface area contributed by atoms with Gasteiger partial charge in [0, 0.05) is 30.3 Å². The van der Waals surface area contributed by atoms with Crippen molar-refractivity contribution in [3.8, 4) is 5.75 Å². The van der Waals surface area contributed by atoms with E-state index < -0.39 is 0 Å². The van der Waals surface area contributed by atoms with E-state index in [4.69, 9.17) is 21.1 Å². The van der Waals surface area contributed by atoms with E-state index in [1.165, 1.54) is 0 Å². The van der Waals surface area contributed by atoms with Crippen LogP contribution in [0.1, 0.15) is 19.4 Å². The topological polar surface area (TPSA) is 30.5 Å². The minimum absolute atomic E-state index is 0.577. The van der Waals surface area contributed by atoms with Gasteiger partial charge in [0.1, 0.15) is 5.75 Å². The van der Waals surface area contributed by atoms with Gasteiger partial charge >= 0.3 is 0 Å². The fraction of sp³-hybridized carbons (Fsp3) is 0.571. The molecule has 18 heavy (non-hydrogen) atoms. The summed E-state index contributed by atoms with van der Waals surface area (Å²) in [5.74, 6) is 1.40. The van der Waals surface area contributed by atoms with E-state index in [2.05, 4.69) is 19.2 Å². The zero-order chi connectivity index (χ0) is 13.4. The summed E-state index contributed by atoms with van der Waals surface area (Å²) in [5, 5.41) is 4.03. The maximum atomic E-state index is 6.14. The van der Waals surface area contributed by atoms with Gasteiger partial charge in [0.15, 0.2) is 0 Å². The molecule has 0 aliphatic carbocycles. The molecule has 0 aromatic heterocycles. The fourth-order valence-corrected chi connectivity index (χ4v) is 1.81. The van der Waals surface area contributed by atoms with Crippen LogP contribution in [0, 0.1) is 5.92 Å². The van der Waals surface area contributed by atoms with E-state index in [9.17, 15) is 0 Å². The largest absolute Gasteiger partial charge is 0.496 e. The predicted octanol–water partition coefficient (Wildman–Crippen LogP) is 3.11. The fourth-order valence-electron chi connectivity index (χ4n) is 1.58. The van der Waals surface area contributed by atoms with Crippen molar-refractivity contribution >= 4 is 11.6 Å². The van der Waals surface area contributed by atoms with Crippen LogP contribution in [0.25, 0.3) is 0 Å². The van der Waals surface area contributed by atoms with Gasteiger partial charge < -0.3 is 14.8 Å². The Bertz CT molecular complexity index is 356. The molecule has 1 N–H and O–H groups in total. The lowest BCUT2D eigenvalue weighted by Crippen LogP contribution is -2.20. The van der Waals surface area contributed by atoms with Crippen LogP contribution in [-0.4, -0.2) is 26.9 Å². The van der Waals surface area contributed by atoms with Gasteiger partial charge in [-0.05, 0) is 18.1 Å². The smallest absolute Gasteiger partial charge is 0.124 e. The highest BCUT2D eigenvalue weighted by Gasteiger charge is 2.06. The Morgan fingerprint density at radius 2 is 2.11 bits per heavy atom. The van der Waals surface area contributed by atoms with Crippen LogP contribution >= 0.6 is 11.6 Å². The number of ether oxygens (including phenoxy) is 2. The maximum Gasteiger partial charge on any atom is 0.124 e. The zero-order valence-electron chi connectivity index (χ0n) is 11.3. The Morgan fingerprint density at radius 1 is 1.33 bits per heavy atom.